The monoisotopic (exact) mass is 397 g/mol. The molecule has 0 aliphatic rings. The van der Waals surface area contributed by atoms with Crippen LogP contribution in [0.2, 0.25) is 0 Å². The van der Waals surface area contributed by atoms with Crippen LogP contribution in [0.1, 0.15) is 17.3 Å². The predicted molar refractivity (Wildman–Crippen MR) is 93.1 cm³/mol. The molecule has 128 valence electrons. The lowest BCUT2D eigenvalue weighted by Gasteiger charge is -2.12. The Morgan fingerprint density at radius 2 is 1.96 bits per heavy atom. The summed E-state index contributed by atoms with van der Waals surface area (Å²) in [7, 11) is 3.05. The van der Waals surface area contributed by atoms with Crippen molar-refractivity contribution in [3.63, 3.8) is 0 Å². The first-order chi connectivity index (χ1) is 11.3. The Kier molecular flexibility index (Phi) is 5.07. The first-order valence-corrected chi connectivity index (χ1v) is 7.79. The molecule has 1 amide bonds. The third-order valence-corrected chi connectivity index (χ3v) is 4.03. The van der Waals surface area contributed by atoms with Crippen LogP contribution >= 0.6 is 15.9 Å². The van der Waals surface area contributed by atoms with E-state index in [1.165, 1.54) is 31.4 Å². The van der Waals surface area contributed by atoms with E-state index in [9.17, 15) is 19.2 Å². The SMILES string of the molecule is CCn1[nH]c(=O)c(Br)c(Nc2c[nH]cc(C(=O)N(C)C)c2=O)c1=O. The lowest BCUT2D eigenvalue weighted by atomic mass is 10.2. The van der Waals surface area contributed by atoms with Crippen LogP contribution in [-0.4, -0.2) is 39.7 Å². The summed E-state index contributed by atoms with van der Waals surface area (Å²) < 4.78 is 1.08. The lowest BCUT2D eigenvalue weighted by molar-refractivity contribution is 0.0826. The van der Waals surface area contributed by atoms with E-state index in [-0.39, 0.29) is 28.0 Å². The molecule has 0 aliphatic heterocycles. The molecule has 0 saturated heterocycles. The minimum Gasteiger partial charge on any atom is -0.365 e. The Hall–Kier alpha value is -2.62. The van der Waals surface area contributed by atoms with Crippen LogP contribution in [0.3, 0.4) is 0 Å². The van der Waals surface area contributed by atoms with E-state index in [1.807, 2.05) is 0 Å². The number of aryl methyl sites for hydroxylation is 1. The number of anilines is 2. The van der Waals surface area contributed by atoms with E-state index in [0.717, 1.165) is 4.68 Å². The van der Waals surface area contributed by atoms with E-state index in [4.69, 9.17) is 0 Å². The molecule has 0 unspecified atom stereocenters. The van der Waals surface area contributed by atoms with Gasteiger partial charge in [-0.15, -0.1) is 0 Å². The van der Waals surface area contributed by atoms with Gasteiger partial charge >= 0.3 is 0 Å². The van der Waals surface area contributed by atoms with E-state index in [2.05, 4.69) is 31.3 Å². The van der Waals surface area contributed by atoms with Gasteiger partial charge in [0.15, 0.2) is 0 Å². The highest BCUT2D eigenvalue weighted by atomic mass is 79.9. The smallest absolute Gasteiger partial charge is 0.290 e. The number of carbonyl (C=O) groups is 1. The van der Waals surface area contributed by atoms with Crippen molar-refractivity contribution in [1.82, 2.24) is 19.7 Å². The standard InChI is InChI=1S/C14H16BrN5O4/c1-4-20-14(24)10(9(15)12(22)18-20)17-8-6-16-5-7(11(8)21)13(23)19(2)3/h5-6,17H,4H2,1-3H3,(H,16,21)(H,18,22). The number of carbonyl (C=O) groups excluding carboxylic acids is 1. The summed E-state index contributed by atoms with van der Waals surface area (Å²) in [6.45, 7) is 1.95. The summed E-state index contributed by atoms with van der Waals surface area (Å²) in [4.78, 5) is 52.6. The Morgan fingerprint density at radius 1 is 1.29 bits per heavy atom. The maximum absolute atomic E-state index is 12.4. The molecule has 24 heavy (non-hydrogen) atoms. The van der Waals surface area contributed by atoms with Gasteiger partial charge in [0.25, 0.3) is 17.0 Å². The fourth-order valence-corrected chi connectivity index (χ4v) is 2.36. The first kappa shape index (κ1) is 17.7. The number of pyridine rings is 1. The first-order valence-electron chi connectivity index (χ1n) is 7.00. The van der Waals surface area contributed by atoms with Crippen LogP contribution in [0.25, 0.3) is 0 Å². The van der Waals surface area contributed by atoms with Crippen molar-refractivity contribution in [2.24, 2.45) is 0 Å². The van der Waals surface area contributed by atoms with Gasteiger partial charge in [0.2, 0.25) is 5.43 Å². The number of aromatic amines is 2. The second kappa shape index (κ2) is 6.87. The molecule has 0 bridgehead atoms. The number of hydrogen-bond acceptors (Lipinski definition) is 5. The molecule has 9 nitrogen and oxygen atoms in total. The molecule has 0 spiro atoms. The molecule has 10 heteroatoms. The fraction of sp³-hybridized carbons (Fsp3) is 0.286. The van der Waals surface area contributed by atoms with Crippen LogP contribution in [0.5, 0.6) is 0 Å². The highest BCUT2D eigenvalue weighted by molar-refractivity contribution is 9.10. The normalized spacial score (nSPS) is 10.5. The molecule has 2 rings (SSSR count). The van der Waals surface area contributed by atoms with Crippen LogP contribution < -0.4 is 21.9 Å². The summed E-state index contributed by atoms with van der Waals surface area (Å²) in [5.74, 6) is -0.476. The van der Waals surface area contributed by atoms with E-state index >= 15 is 0 Å². The number of nitrogens with one attached hydrogen (secondary N) is 3. The van der Waals surface area contributed by atoms with Gasteiger partial charge in [-0.05, 0) is 22.9 Å². The molecule has 0 fully saturated rings. The molecule has 0 aromatic carbocycles. The molecule has 2 aromatic heterocycles. The van der Waals surface area contributed by atoms with Gasteiger partial charge < -0.3 is 15.2 Å². The number of aromatic nitrogens is 3. The van der Waals surface area contributed by atoms with Crippen molar-refractivity contribution >= 4 is 33.2 Å². The minimum atomic E-state index is -0.581. The Bertz CT molecular complexity index is 957. The van der Waals surface area contributed by atoms with E-state index in [0.29, 0.717) is 0 Å². The third kappa shape index (κ3) is 3.18. The molecular formula is C14H16BrN5O4. The largest absolute Gasteiger partial charge is 0.365 e. The number of hydrogen-bond donors (Lipinski definition) is 3. The number of halogens is 1. The molecule has 3 N–H and O–H groups in total. The summed E-state index contributed by atoms with van der Waals surface area (Å²) in [6.07, 6.45) is 2.60. The van der Waals surface area contributed by atoms with Crippen molar-refractivity contribution in [3.05, 3.63) is 53.4 Å². The van der Waals surface area contributed by atoms with Gasteiger partial charge in [-0.25, -0.2) is 4.68 Å². The fourth-order valence-electron chi connectivity index (χ4n) is 2.01. The van der Waals surface area contributed by atoms with Gasteiger partial charge in [-0.3, -0.25) is 24.3 Å². The Morgan fingerprint density at radius 3 is 2.54 bits per heavy atom. The third-order valence-electron chi connectivity index (χ3n) is 3.27. The summed E-state index contributed by atoms with van der Waals surface area (Å²) in [5, 5.41) is 5.04. The predicted octanol–water partition coefficient (Wildman–Crippen LogP) is 0.453. The molecule has 2 heterocycles. The Balaban J connectivity index is 2.59. The van der Waals surface area contributed by atoms with Gasteiger partial charge in [0, 0.05) is 33.0 Å². The van der Waals surface area contributed by atoms with Gasteiger partial charge in [0.05, 0.1) is 0 Å². The maximum atomic E-state index is 12.4. The summed E-state index contributed by atoms with van der Waals surface area (Å²) in [6, 6.07) is 0. The highest BCUT2D eigenvalue weighted by Gasteiger charge is 2.18. The lowest BCUT2D eigenvalue weighted by Crippen LogP contribution is -2.33. The minimum absolute atomic E-state index is 0.0197. The summed E-state index contributed by atoms with van der Waals surface area (Å²) in [5.41, 5.74) is -1.79. The molecule has 2 aromatic rings. The molecular weight excluding hydrogens is 382 g/mol. The summed E-state index contributed by atoms with van der Waals surface area (Å²) >= 11 is 3.04. The van der Waals surface area contributed by atoms with Gasteiger partial charge in [-0.1, -0.05) is 0 Å². The zero-order valence-electron chi connectivity index (χ0n) is 13.3. The van der Waals surface area contributed by atoms with Gasteiger partial charge in [0.1, 0.15) is 21.4 Å². The average Bonchev–Trinajstić information content (AvgIpc) is 2.55. The van der Waals surface area contributed by atoms with Crippen molar-refractivity contribution in [2.75, 3.05) is 19.4 Å². The van der Waals surface area contributed by atoms with E-state index < -0.39 is 22.5 Å². The molecule has 0 atom stereocenters. The van der Waals surface area contributed by atoms with Gasteiger partial charge in [-0.2, -0.15) is 0 Å². The quantitative estimate of drug-likeness (QED) is 0.691. The number of amides is 1. The highest BCUT2D eigenvalue weighted by Crippen LogP contribution is 2.16. The average molecular weight is 398 g/mol. The topological polar surface area (TPSA) is 120 Å². The zero-order valence-corrected chi connectivity index (χ0v) is 14.9. The zero-order chi connectivity index (χ0) is 18.0. The van der Waals surface area contributed by atoms with Crippen LogP contribution in [-0.2, 0) is 6.54 Å². The molecule has 0 saturated carbocycles. The van der Waals surface area contributed by atoms with Crippen molar-refractivity contribution in [3.8, 4) is 0 Å². The number of rotatable bonds is 4. The maximum Gasteiger partial charge on any atom is 0.290 e. The second-order valence-electron chi connectivity index (χ2n) is 5.12. The number of H-pyrrole nitrogens is 2. The molecule has 0 radical (unpaired) electrons. The van der Waals surface area contributed by atoms with E-state index in [1.54, 1.807) is 6.92 Å². The van der Waals surface area contributed by atoms with Crippen LogP contribution in [0, 0.1) is 0 Å². The van der Waals surface area contributed by atoms with Crippen LogP contribution in [0.15, 0.2) is 31.3 Å². The van der Waals surface area contributed by atoms with Crippen molar-refractivity contribution in [2.45, 2.75) is 13.5 Å². The van der Waals surface area contributed by atoms with Crippen molar-refractivity contribution < 1.29 is 4.79 Å². The van der Waals surface area contributed by atoms with Crippen LogP contribution in [0.4, 0.5) is 11.4 Å². The second-order valence-corrected chi connectivity index (χ2v) is 5.91. The number of nitrogens with zero attached hydrogens (tertiary/aromatic N) is 2. The molecule has 0 aliphatic carbocycles. The Labute approximate surface area is 144 Å². The van der Waals surface area contributed by atoms with Crippen molar-refractivity contribution in [1.29, 1.82) is 0 Å².